The summed E-state index contributed by atoms with van der Waals surface area (Å²) in [6.45, 7) is 4.37. The maximum absolute atomic E-state index is 5.57. The Kier molecular flexibility index (Phi) is 5.62. The summed E-state index contributed by atoms with van der Waals surface area (Å²) in [4.78, 5) is 0. The number of aromatic amines is 1. The van der Waals surface area contributed by atoms with Gasteiger partial charge in [-0.15, -0.1) is 0 Å². The molecule has 1 atom stereocenters. The molecule has 1 saturated heterocycles. The van der Waals surface area contributed by atoms with Gasteiger partial charge in [0, 0.05) is 12.3 Å². The summed E-state index contributed by atoms with van der Waals surface area (Å²) in [7, 11) is 0. The molecule has 1 N–H and O–H groups in total. The van der Waals surface area contributed by atoms with Crippen LogP contribution in [-0.4, -0.2) is 36.3 Å². The van der Waals surface area contributed by atoms with Crippen LogP contribution < -0.4 is 0 Å². The van der Waals surface area contributed by atoms with Crippen molar-refractivity contribution in [2.45, 2.75) is 39.1 Å². The number of aryl methyl sites for hydroxylation is 1. The molecule has 5 nitrogen and oxygen atoms in total. The van der Waals surface area contributed by atoms with Crippen LogP contribution in [0.4, 0.5) is 0 Å². The summed E-state index contributed by atoms with van der Waals surface area (Å²) in [6, 6.07) is 0. The molecule has 1 aliphatic heterocycles. The molecule has 1 fully saturated rings. The fourth-order valence-corrected chi connectivity index (χ4v) is 2.10. The van der Waals surface area contributed by atoms with Crippen LogP contribution in [0, 0.1) is 6.92 Å². The van der Waals surface area contributed by atoms with Crippen molar-refractivity contribution in [1.29, 1.82) is 0 Å². The van der Waals surface area contributed by atoms with E-state index >= 15 is 0 Å². The molecule has 0 radical (unpaired) electrons. The average molecular weight is 319 g/mol. The van der Waals surface area contributed by atoms with Gasteiger partial charge in [0.1, 0.15) is 5.69 Å². The Morgan fingerprint density at radius 3 is 3.00 bits per heavy atom. The molecule has 0 bridgehead atoms. The zero-order valence-corrected chi connectivity index (χ0v) is 12.2. The van der Waals surface area contributed by atoms with Gasteiger partial charge in [0.05, 0.1) is 24.3 Å². The third-order valence-corrected chi connectivity index (χ3v) is 3.90. The van der Waals surface area contributed by atoms with Gasteiger partial charge in [-0.05, 0) is 42.1 Å². The number of rotatable bonds is 6. The van der Waals surface area contributed by atoms with Gasteiger partial charge in [-0.3, -0.25) is 5.10 Å². The highest BCUT2D eigenvalue weighted by atomic mass is 79.9. The summed E-state index contributed by atoms with van der Waals surface area (Å²) in [5.74, 6) is 0. The van der Waals surface area contributed by atoms with E-state index in [1.54, 1.807) is 0 Å². The largest absolute Gasteiger partial charge is 0.373 e. The summed E-state index contributed by atoms with van der Waals surface area (Å²) < 4.78 is 17.5. The van der Waals surface area contributed by atoms with E-state index in [0.717, 1.165) is 35.3 Å². The van der Waals surface area contributed by atoms with Crippen LogP contribution in [0.15, 0.2) is 4.47 Å². The van der Waals surface area contributed by atoms with Gasteiger partial charge >= 0.3 is 0 Å². The van der Waals surface area contributed by atoms with E-state index in [-0.39, 0.29) is 6.29 Å². The van der Waals surface area contributed by atoms with Crippen molar-refractivity contribution in [3.8, 4) is 0 Å². The van der Waals surface area contributed by atoms with Crippen LogP contribution in [0.1, 0.15) is 30.7 Å². The number of aromatic nitrogens is 2. The highest BCUT2D eigenvalue weighted by Crippen LogP contribution is 2.18. The summed E-state index contributed by atoms with van der Waals surface area (Å²) in [5, 5.41) is 7.04. The molecule has 1 unspecified atom stereocenters. The fourth-order valence-electron chi connectivity index (χ4n) is 1.81. The van der Waals surface area contributed by atoms with Crippen LogP contribution in [0.5, 0.6) is 0 Å². The quantitative estimate of drug-likeness (QED) is 0.819. The molecule has 18 heavy (non-hydrogen) atoms. The minimum atomic E-state index is -0.0401. The van der Waals surface area contributed by atoms with Crippen molar-refractivity contribution in [2.75, 3.05) is 19.8 Å². The molecule has 2 heterocycles. The van der Waals surface area contributed by atoms with E-state index < -0.39 is 0 Å². The normalized spacial score (nSPS) is 20.2. The van der Waals surface area contributed by atoms with E-state index in [4.69, 9.17) is 14.2 Å². The number of nitrogens with zero attached hydrogens (tertiary/aromatic N) is 1. The molecule has 0 spiro atoms. The lowest BCUT2D eigenvalue weighted by Gasteiger charge is -2.22. The third kappa shape index (κ3) is 4.05. The Morgan fingerprint density at radius 2 is 2.33 bits per heavy atom. The lowest BCUT2D eigenvalue weighted by atomic mass is 10.2. The van der Waals surface area contributed by atoms with Gasteiger partial charge in [0.2, 0.25) is 0 Å². The van der Waals surface area contributed by atoms with Gasteiger partial charge in [0.15, 0.2) is 6.29 Å². The van der Waals surface area contributed by atoms with Crippen LogP contribution in [0.3, 0.4) is 0 Å². The zero-order chi connectivity index (χ0) is 12.8. The molecule has 1 aliphatic rings. The van der Waals surface area contributed by atoms with Gasteiger partial charge in [0.25, 0.3) is 0 Å². The zero-order valence-electron chi connectivity index (χ0n) is 10.6. The van der Waals surface area contributed by atoms with Crippen LogP contribution >= 0.6 is 15.9 Å². The summed E-state index contributed by atoms with van der Waals surface area (Å²) in [5.41, 5.74) is 1.90. The van der Waals surface area contributed by atoms with E-state index in [0.29, 0.717) is 19.8 Å². The summed E-state index contributed by atoms with van der Waals surface area (Å²) >= 11 is 3.46. The SMILES string of the molecule is Cc1[nH]nc(COCCOC2CCCCO2)c1Br. The lowest BCUT2D eigenvalue weighted by Crippen LogP contribution is -2.23. The molecule has 102 valence electrons. The maximum atomic E-state index is 5.57. The number of halogens is 1. The van der Waals surface area contributed by atoms with Gasteiger partial charge in [-0.25, -0.2) is 0 Å². The van der Waals surface area contributed by atoms with E-state index in [2.05, 4.69) is 26.1 Å². The first-order valence-electron chi connectivity index (χ1n) is 6.27. The molecular weight excluding hydrogens is 300 g/mol. The van der Waals surface area contributed by atoms with Crippen molar-refractivity contribution < 1.29 is 14.2 Å². The topological polar surface area (TPSA) is 56.4 Å². The highest BCUT2D eigenvalue weighted by molar-refractivity contribution is 9.10. The van der Waals surface area contributed by atoms with Crippen LogP contribution in [-0.2, 0) is 20.8 Å². The average Bonchev–Trinajstić information content (AvgIpc) is 2.71. The second-order valence-electron chi connectivity index (χ2n) is 4.33. The molecule has 1 aromatic rings. The number of nitrogens with one attached hydrogen (secondary N) is 1. The van der Waals surface area contributed by atoms with E-state index in [1.165, 1.54) is 6.42 Å². The predicted molar refractivity (Wildman–Crippen MR) is 70.2 cm³/mol. The van der Waals surface area contributed by atoms with Crippen molar-refractivity contribution >= 4 is 15.9 Å². The minimum absolute atomic E-state index is 0.0401. The lowest BCUT2D eigenvalue weighted by molar-refractivity contribution is -0.169. The Labute approximate surface area is 115 Å². The number of hydrogen-bond donors (Lipinski definition) is 1. The second kappa shape index (κ2) is 7.23. The molecule has 0 amide bonds. The first-order chi connectivity index (χ1) is 8.77. The van der Waals surface area contributed by atoms with Crippen molar-refractivity contribution in [3.05, 3.63) is 15.9 Å². The third-order valence-electron chi connectivity index (χ3n) is 2.85. The first kappa shape index (κ1) is 14.0. The van der Waals surface area contributed by atoms with Gasteiger partial charge in [-0.2, -0.15) is 5.10 Å². The van der Waals surface area contributed by atoms with E-state index in [1.807, 2.05) is 6.92 Å². The second-order valence-corrected chi connectivity index (χ2v) is 5.12. The predicted octanol–water partition coefficient (Wildman–Crippen LogP) is 2.54. The van der Waals surface area contributed by atoms with E-state index in [9.17, 15) is 0 Å². The molecule has 2 rings (SSSR count). The van der Waals surface area contributed by atoms with Gasteiger partial charge in [-0.1, -0.05) is 0 Å². The summed E-state index contributed by atoms with van der Waals surface area (Å²) in [6.07, 6.45) is 3.28. The smallest absolute Gasteiger partial charge is 0.157 e. The molecule has 1 aromatic heterocycles. The van der Waals surface area contributed by atoms with Crippen molar-refractivity contribution in [3.63, 3.8) is 0 Å². The molecule has 0 aromatic carbocycles. The van der Waals surface area contributed by atoms with Crippen LogP contribution in [0.25, 0.3) is 0 Å². The molecule has 0 saturated carbocycles. The standard InChI is InChI=1S/C12H19BrN2O3/c1-9-12(13)10(15-14-9)8-16-6-7-18-11-4-2-3-5-17-11/h11H,2-8H2,1H3,(H,14,15). The number of hydrogen-bond acceptors (Lipinski definition) is 4. The van der Waals surface area contributed by atoms with Gasteiger partial charge < -0.3 is 14.2 Å². The fraction of sp³-hybridized carbons (Fsp3) is 0.750. The highest BCUT2D eigenvalue weighted by Gasteiger charge is 2.13. The number of H-pyrrole nitrogens is 1. The molecule has 6 heteroatoms. The van der Waals surface area contributed by atoms with Crippen LogP contribution in [0.2, 0.25) is 0 Å². The molecule has 0 aliphatic carbocycles. The Balaban J connectivity index is 1.57. The Bertz CT molecular complexity index is 364. The van der Waals surface area contributed by atoms with Crippen molar-refractivity contribution in [1.82, 2.24) is 10.2 Å². The monoisotopic (exact) mass is 318 g/mol. The Morgan fingerprint density at radius 1 is 1.44 bits per heavy atom. The Hall–Kier alpha value is -0.430. The first-order valence-corrected chi connectivity index (χ1v) is 7.07. The number of ether oxygens (including phenoxy) is 3. The maximum Gasteiger partial charge on any atom is 0.157 e. The minimum Gasteiger partial charge on any atom is -0.373 e. The molecular formula is C12H19BrN2O3. The van der Waals surface area contributed by atoms with Crippen molar-refractivity contribution in [2.24, 2.45) is 0 Å².